The van der Waals surface area contributed by atoms with Gasteiger partial charge in [-0.15, -0.1) is 11.3 Å². The summed E-state index contributed by atoms with van der Waals surface area (Å²) in [6.45, 7) is 6.40. The van der Waals surface area contributed by atoms with Gasteiger partial charge >= 0.3 is 0 Å². The first-order valence-electron chi connectivity index (χ1n) is 8.78. The molecule has 6 heteroatoms. The maximum absolute atomic E-state index is 12.0. The number of amides is 1. The number of nitrogens with zero attached hydrogens (tertiary/aromatic N) is 3. The maximum Gasteiger partial charge on any atom is 0.222 e. The molecular formula is C19H25N3O2S. The number of ether oxygens (including phenoxy) is 1. The molecule has 2 heterocycles. The Balaban J connectivity index is 1.56. The van der Waals surface area contributed by atoms with Crippen molar-refractivity contribution < 1.29 is 9.53 Å². The van der Waals surface area contributed by atoms with Crippen molar-refractivity contribution in [2.45, 2.75) is 26.3 Å². The Morgan fingerprint density at radius 1 is 1.28 bits per heavy atom. The van der Waals surface area contributed by atoms with Gasteiger partial charge in [-0.2, -0.15) is 0 Å². The molecule has 0 radical (unpaired) electrons. The van der Waals surface area contributed by atoms with Gasteiger partial charge in [0, 0.05) is 43.5 Å². The van der Waals surface area contributed by atoms with E-state index >= 15 is 0 Å². The summed E-state index contributed by atoms with van der Waals surface area (Å²) in [6.07, 6.45) is 1.58. The monoisotopic (exact) mass is 359 g/mol. The number of methoxy groups -OCH3 is 1. The smallest absolute Gasteiger partial charge is 0.222 e. The maximum atomic E-state index is 12.0. The second kappa shape index (κ2) is 8.45. The molecule has 0 saturated carbocycles. The summed E-state index contributed by atoms with van der Waals surface area (Å²) in [6, 6.07) is 7.99. The third-order valence-electron chi connectivity index (χ3n) is 4.46. The zero-order valence-corrected chi connectivity index (χ0v) is 15.7. The summed E-state index contributed by atoms with van der Waals surface area (Å²) in [5.74, 6) is 1.14. The van der Waals surface area contributed by atoms with Crippen LogP contribution in [0.5, 0.6) is 5.75 Å². The first-order chi connectivity index (χ1) is 12.2. The molecule has 1 aliphatic rings. The normalized spacial score (nSPS) is 15.4. The van der Waals surface area contributed by atoms with Crippen molar-refractivity contribution in [1.82, 2.24) is 14.8 Å². The van der Waals surface area contributed by atoms with Crippen LogP contribution in [0.3, 0.4) is 0 Å². The van der Waals surface area contributed by atoms with Crippen LogP contribution in [-0.4, -0.2) is 54.0 Å². The van der Waals surface area contributed by atoms with E-state index in [4.69, 9.17) is 9.72 Å². The SMILES string of the molecule is CCCC(=O)N1CCN(Cc2nc(-c3cccc(OC)c3)cs2)CC1. The van der Waals surface area contributed by atoms with Gasteiger partial charge in [-0.25, -0.2) is 4.98 Å². The third-order valence-corrected chi connectivity index (χ3v) is 5.30. The zero-order chi connectivity index (χ0) is 17.6. The second-order valence-corrected chi connectivity index (χ2v) is 7.21. The molecule has 0 aliphatic carbocycles. The van der Waals surface area contributed by atoms with E-state index in [1.165, 1.54) is 0 Å². The predicted octanol–water partition coefficient (Wildman–Crippen LogP) is 3.26. The highest BCUT2D eigenvalue weighted by molar-refractivity contribution is 7.09. The largest absolute Gasteiger partial charge is 0.497 e. The van der Waals surface area contributed by atoms with Crippen molar-refractivity contribution in [1.29, 1.82) is 0 Å². The van der Waals surface area contributed by atoms with E-state index in [1.54, 1.807) is 18.4 Å². The Bertz CT molecular complexity index is 708. The number of rotatable bonds is 6. The minimum atomic E-state index is 0.289. The summed E-state index contributed by atoms with van der Waals surface area (Å²) >= 11 is 1.69. The molecule has 1 fully saturated rings. The number of hydrogen-bond acceptors (Lipinski definition) is 5. The molecule has 1 amide bonds. The number of carbonyl (C=O) groups is 1. The van der Waals surface area contributed by atoms with Gasteiger partial charge in [0.05, 0.1) is 19.3 Å². The highest BCUT2D eigenvalue weighted by Crippen LogP contribution is 2.26. The number of piperazine rings is 1. The fourth-order valence-corrected chi connectivity index (χ4v) is 3.86. The highest BCUT2D eigenvalue weighted by Gasteiger charge is 2.21. The second-order valence-electron chi connectivity index (χ2n) is 6.27. The Hall–Kier alpha value is -1.92. The van der Waals surface area contributed by atoms with Gasteiger partial charge in [0.1, 0.15) is 10.8 Å². The van der Waals surface area contributed by atoms with E-state index in [0.29, 0.717) is 6.42 Å². The summed E-state index contributed by atoms with van der Waals surface area (Å²) in [5, 5.41) is 3.22. The molecule has 25 heavy (non-hydrogen) atoms. The van der Waals surface area contributed by atoms with E-state index in [1.807, 2.05) is 23.1 Å². The fraction of sp³-hybridized carbons (Fsp3) is 0.474. The first-order valence-corrected chi connectivity index (χ1v) is 9.66. The number of carbonyl (C=O) groups excluding carboxylic acids is 1. The van der Waals surface area contributed by atoms with Gasteiger partial charge in [0.25, 0.3) is 0 Å². The van der Waals surface area contributed by atoms with Crippen molar-refractivity contribution in [2.75, 3.05) is 33.3 Å². The molecule has 5 nitrogen and oxygen atoms in total. The lowest BCUT2D eigenvalue weighted by Crippen LogP contribution is -2.48. The lowest BCUT2D eigenvalue weighted by Gasteiger charge is -2.34. The van der Waals surface area contributed by atoms with Crippen molar-refractivity contribution in [3.8, 4) is 17.0 Å². The predicted molar refractivity (Wildman–Crippen MR) is 101 cm³/mol. The van der Waals surface area contributed by atoms with Gasteiger partial charge in [-0.3, -0.25) is 9.69 Å². The van der Waals surface area contributed by atoms with Gasteiger partial charge in [-0.1, -0.05) is 19.1 Å². The quantitative estimate of drug-likeness (QED) is 0.794. The number of aromatic nitrogens is 1. The minimum Gasteiger partial charge on any atom is -0.497 e. The molecule has 1 aromatic heterocycles. The number of hydrogen-bond donors (Lipinski definition) is 0. The third kappa shape index (κ3) is 4.58. The Labute approximate surface area is 153 Å². The topological polar surface area (TPSA) is 45.7 Å². The fourth-order valence-electron chi connectivity index (χ4n) is 3.02. The standard InChI is InChI=1S/C19H25N3O2S/c1-3-5-19(23)22-10-8-21(9-11-22)13-18-20-17(14-25-18)15-6-4-7-16(12-15)24-2/h4,6-7,12,14H,3,5,8-11,13H2,1-2H3. The van der Waals surface area contributed by atoms with Gasteiger partial charge in [-0.05, 0) is 18.6 Å². The molecule has 0 N–H and O–H groups in total. The van der Waals surface area contributed by atoms with Crippen LogP contribution in [-0.2, 0) is 11.3 Å². The summed E-state index contributed by atoms with van der Waals surface area (Å²) in [5.41, 5.74) is 2.08. The molecule has 1 saturated heterocycles. The van der Waals surface area contributed by atoms with E-state index < -0.39 is 0 Å². The molecule has 0 atom stereocenters. The number of benzene rings is 1. The van der Waals surface area contributed by atoms with Gasteiger partial charge in [0.15, 0.2) is 0 Å². The van der Waals surface area contributed by atoms with Crippen LogP contribution in [0.2, 0.25) is 0 Å². The van der Waals surface area contributed by atoms with E-state index in [0.717, 1.165) is 61.2 Å². The molecule has 0 bridgehead atoms. The summed E-state index contributed by atoms with van der Waals surface area (Å²) in [7, 11) is 1.68. The molecule has 0 unspecified atom stereocenters. The average Bonchev–Trinajstić information content (AvgIpc) is 3.11. The van der Waals surface area contributed by atoms with Crippen molar-refractivity contribution in [3.05, 3.63) is 34.7 Å². The van der Waals surface area contributed by atoms with E-state index in [-0.39, 0.29) is 5.91 Å². The van der Waals surface area contributed by atoms with Crippen molar-refractivity contribution >= 4 is 17.2 Å². The Morgan fingerprint density at radius 2 is 2.08 bits per heavy atom. The lowest BCUT2D eigenvalue weighted by atomic mass is 10.2. The Morgan fingerprint density at radius 3 is 2.80 bits per heavy atom. The summed E-state index contributed by atoms with van der Waals surface area (Å²) < 4.78 is 5.29. The van der Waals surface area contributed by atoms with Crippen LogP contribution in [0, 0.1) is 0 Å². The van der Waals surface area contributed by atoms with Crippen molar-refractivity contribution in [3.63, 3.8) is 0 Å². The van der Waals surface area contributed by atoms with Crippen LogP contribution in [0.4, 0.5) is 0 Å². The van der Waals surface area contributed by atoms with Crippen LogP contribution in [0.25, 0.3) is 11.3 Å². The average molecular weight is 359 g/mol. The van der Waals surface area contributed by atoms with Crippen LogP contribution in [0.1, 0.15) is 24.8 Å². The number of thiazole rings is 1. The first kappa shape index (κ1) is 17.9. The zero-order valence-electron chi connectivity index (χ0n) is 14.9. The molecule has 3 rings (SSSR count). The molecule has 1 aliphatic heterocycles. The van der Waals surface area contributed by atoms with Gasteiger partial charge < -0.3 is 9.64 Å². The molecule has 134 valence electrons. The molecule has 0 spiro atoms. The molecule has 2 aromatic rings. The lowest BCUT2D eigenvalue weighted by molar-refractivity contribution is -0.133. The van der Waals surface area contributed by atoms with E-state index in [9.17, 15) is 4.79 Å². The minimum absolute atomic E-state index is 0.289. The van der Waals surface area contributed by atoms with Crippen LogP contribution < -0.4 is 4.74 Å². The Kier molecular flexibility index (Phi) is 6.04. The van der Waals surface area contributed by atoms with Crippen LogP contribution in [0.15, 0.2) is 29.6 Å². The molecular weight excluding hydrogens is 334 g/mol. The van der Waals surface area contributed by atoms with Crippen molar-refractivity contribution in [2.24, 2.45) is 0 Å². The highest BCUT2D eigenvalue weighted by atomic mass is 32.1. The molecule has 1 aromatic carbocycles. The van der Waals surface area contributed by atoms with E-state index in [2.05, 4.69) is 23.3 Å². The van der Waals surface area contributed by atoms with Crippen LogP contribution >= 0.6 is 11.3 Å². The van der Waals surface area contributed by atoms with Gasteiger partial charge in [0.2, 0.25) is 5.91 Å². The summed E-state index contributed by atoms with van der Waals surface area (Å²) in [4.78, 5) is 21.1.